The highest BCUT2D eigenvalue weighted by Gasteiger charge is 2.34. The van der Waals surface area contributed by atoms with Crippen LogP contribution in [-0.4, -0.2) is 31.4 Å². The predicted octanol–water partition coefficient (Wildman–Crippen LogP) is 1.60. The van der Waals surface area contributed by atoms with Crippen LogP contribution in [0.1, 0.15) is 26.2 Å². The SMILES string of the molecule is CCCCOC(=O)[C@@H]1CCP(C)(=O)N1. The molecule has 1 unspecified atom stereocenters. The van der Waals surface area contributed by atoms with Crippen LogP contribution in [0.15, 0.2) is 0 Å². The molecule has 0 saturated carbocycles. The van der Waals surface area contributed by atoms with Gasteiger partial charge in [0.25, 0.3) is 0 Å². The van der Waals surface area contributed by atoms with Gasteiger partial charge in [0.1, 0.15) is 13.3 Å². The normalized spacial score (nSPS) is 31.7. The molecule has 0 aromatic rings. The second-order valence-corrected chi connectivity index (χ2v) is 6.72. The highest BCUT2D eigenvalue weighted by atomic mass is 31.2. The van der Waals surface area contributed by atoms with E-state index < -0.39 is 7.29 Å². The molecule has 0 amide bonds. The molecule has 1 N–H and O–H groups in total. The van der Waals surface area contributed by atoms with Gasteiger partial charge in [-0.05, 0) is 12.8 Å². The quantitative estimate of drug-likeness (QED) is 0.443. The lowest BCUT2D eigenvalue weighted by Crippen LogP contribution is -2.31. The summed E-state index contributed by atoms with van der Waals surface area (Å²) in [6, 6.07) is -0.345. The fraction of sp³-hybridized carbons (Fsp3) is 0.889. The van der Waals surface area contributed by atoms with Crippen LogP contribution in [0.2, 0.25) is 0 Å². The number of carbonyl (C=O) groups is 1. The lowest BCUT2D eigenvalue weighted by Gasteiger charge is -2.10. The molecule has 0 aliphatic carbocycles. The summed E-state index contributed by atoms with van der Waals surface area (Å²) in [7, 11) is -2.24. The topological polar surface area (TPSA) is 55.4 Å². The molecule has 0 aromatic heterocycles. The fourth-order valence-electron chi connectivity index (χ4n) is 1.42. The lowest BCUT2D eigenvalue weighted by atomic mass is 10.2. The molecule has 1 heterocycles. The second-order valence-electron chi connectivity index (χ2n) is 3.82. The Morgan fingerprint density at radius 2 is 2.36 bits per heavy atom. The van der Waals surface area contributed by atoms with Crippen molar-refractivity contribution < 1.29 is 14.1 Å². The first-order chi connectivity index (χ1) is 6.55. The molecule has 0 aromatic carbocycles. The van der Waals surface area contributed by atoms with Gasteiger partial charge < -0.3 is 9.30 Å². The van der Waals surface area contributed by atoms with Crippen LogP contribution in [-0.2, 0) is 14.1 Å². The lowest BCUT2D eigenvalue weighted by molar-refractivity contribution is -0.145. The van der Waals surface area contributed by atoms with Crippen LogP contribution in [0, 0.1) is 0 Å². The third kappa shape index (κ3) is 3.43. The van der Waals surface area contributed by atoms with Gasteiger partial charge in [0, 0.05) is 12.8 Å². The van der Waals surface area contributed by atoms with Gasteiger partial charge in [-0.15, -0.1) is 0 Å². The molecule has 0 spiro atoms. The number of nitrogens with one attached hydrogen (secondary N) is 1. The van der Waals surface area contributed by atoms with Crippen LogP contribution in [0.3, 0.4) is 0 Å². The van der Waals surface area contributed by atoms with Crippen LogP contribution < -0.4 is 5.09 Å². The molecule has 4 nitrogen and oxygen atoms in total. The number of carbonyl (C=O) groups excluding carboxylic acids is 1. The smallest absolute Gasteiger partial charge is 0.323 e. The molecule has 82 valence electrons. The van der Waals surface area contributed by atoms with Crippen molar-refractivity contribution in [2.24, 2.45) is 0 Å². The first kappa shape index (κ1) is 11.7. The summed E-state index contributed by atoms with van der Waals surface area (Å²) in [6.45, 7) is 4.19. The first-order valence-electron chi connectivity index (χ1n) is 5.06. The molecule has 0 bridgehead atoms. The zero-order valence-electron chi connectivity index (χ0n) is 8.78. The molecular formula is C9H18NO3P. The Labute approximate surface area is 84.8 Å². The average molecular weight is 219 g/mol. The van der Waals surface area contributed by atoms with Gasteiger partial charge in [0.15, 0.2) is 0 Å². The molecular weight excluding hydrogens is 201 g/mol. The minimum Gasteiger partial charge on any atom is -0.465 e. The molecule has 14 heavy (non-hydrogen) atoms. The van der Waals surface area contributed by atoms with Crippen molar-refractivity contribution in [2.45, 2.75) is 32.2 Å². The van der Waals surface area contributed by atoms with Crippen LogP contribution in [0.4, 0.5) is 0 Å². The number of unbranched alkanes of at least 4 members (excludes halogenated alkanes) is 1. The third-order valence-electron chi connectivity index (χ3n) is 2.30. The van der Waals surface area contributed by atoms with Crippen molar-refractivity contribution in [2.75, 3.05) is 19.4 Å². The number of esters is 1. The maximum Gasteiger partial charge on any atom is 0.323 e. The van der Waals surface area contributed by atoms with E-state index in [2.05, 4.69) is 5.09 Å². The first-order valence-corrected chi connectivity index (χ1v) is 7.40. The summed E-state index contributed by atoms with van der Waals surface area (Å²) in [6.07, 6.45) is 3.14. The summed E-state index contributed by atoms with van der Waals surface area (Å²) < 4.78 is 16.6. The van der Waals surface area contributed by atoms with E-state index in [1.807, 2.05) is 6.92 Å². The van der Waals surface area contributed by atoms with Gasteiger partial charge in [0.2, 0.25) is 0 Å². The minimum absolute atomic E-state index is 0.252. The van der Waals surface area contributed by atoms with Crippen LogP contribution >= 0.6 is 7.29 Å². The van der Waals surface area contributed by atoms with Crippen LogP contribution in [0.5, 0.6) is 0 Å². The Bertz CT molecular complexity index is 254. The van der Waals surface area contributed by atoms with E-state index >= 15 is 0 Å². The van der Waals surface area contributed by atoms with Gasteiger partial charge in [-0.1, -0.05) is 13.3 Å². The number of rotatable bonds is 4. The van der Waals surface area contributed by atoms with Gasteiger partial charge in [-0.2, -0.15) is 0 Å². The highest BCUT2D eigenvalue weighted by Crippen LogP contribution is 2.43. The van der Waals surface area contributed by atoms with Crippen molar-refractivity contribution in [3.8, 4) is 0 Å². The van der Waals surface area contributed by atoms with E-state index in [9.17, 15) is 9.36 Å². The molecule has 1 saturated heterocycles. The molecule has 1 aliphatic heterocycles. The van der Waals surface area contributed by atoms with E-state index in [-0.39, 0.29) is 12.0 Å². The Hall–Kier alpha value is -0.340. The monoisotopic (exact) mass is 219 g/mol. The van der Waals surface area contributed by atoms with Gasteiger partial charge in [-0.3, -0.25) is 9.88 Å². The average Bonchev–Trinajstić information content (AvgIpc) is 2.46. The number of hydrogen-bond acceptors (Lipinski definition) is 3. The van der Waals surface area contributed by atoms with E-state index in [0.717, 1.165) is 12.8 Å². The molecule has 2 atom stereocenters. The molecule has 1 fully saturated rings. The van der Waals surface area contributed by atoms with E-state index in [4.69, 9.17) is 4.74 Å². The van der Waals surface area contributed by atoms with Crippen molar-refractivity contribution in [3.05, 3.63) is 0 Å². The summed E-state index contributed by atoms with van der Waals surface area (Å²) in [5.41, 5.74) is 0. The van der Waals surface area contributed by atoms with E-state index in [1.165, 1.54) is 0 Å². The van der Waals surface area contributed by atoms with Crippen molar-refractivity contribution in [1.82, 2.24) is 5.09 Å². The second kappa shape index (κ2) is 4.94. The summed E-state index contributed by atoms with van der Waals surface area (Å²) in [5.74, 6) is -0.252. The van der Waals surface area contributed by atoms with Crippen molar-refractivity contribution in [3.63, 3.8) is 0 Å². The number of hydrogen-bond donors (Lipinski definition) is 1. The molecule has 1 aliphatic rings. The Morgan fingerprint density at radius 1 is 1.64 bits per heavy atom. The zero-order valence-corrected chi connectivity index (χ0v) is 9.68. The highest BCUT2D eigenvalue weighted by molar-refractivity contribution is 7.61. The third-order valence-corrected chi connectivity index (χ3v) is 4.27. The molecule has 1 rings (SSSR count). The van der Waals surface area contributed by atoms with E-state index in [1.54, 1.807) is 6.66 Å². The van der Waals surface area contributed by atoms with Crippen LogP contribution in [0.25, 0.3) is 0 Å². The molecule has 0 radical (unpaired) electrons. The van der Waals surface area contributed by atoms with Crippen molar-refractivity contribution >= 4 is 13.3 Å². The maximum absolute atomic E-state index is 11.5. The largest absolute Gasteiger partial charge is 0.465 e. The van der Waals surface area contributed by atoms with Gasteiger partial charge in [0.05, 0.1) is 6.61 Å². The summed E-state index contributed by atoms with van der Waals surface area (Å²) in [4.78, 5) is 11.4. The zero-order chi connectivity index (χ0) is 10.6. The maximum atomic E-state index is 11.5. The number of ether oxygens (including phenoxy) is 1. The Kier molecular flexibility index (Phi) is 4.14. The van der Waals surface area contributed by atoms with Gasteiger partial charge in [-0.25, -0.2) is 0 Å². The summed E-state index contributed by atoms with van der Waals surface area (Å²) in [5, 5.41) is 2.84. The fourth-order valence-corrected chi connectivity index (χ4v) is 3.20. The minimum atomic E-state index is -2.24. The molecule has 5 heteroatoms. The van der Waals surface area contributed by atoms with E-state index in [0.29, 0.717) is 19.2 Å². The van der Waals surface area contributed by atoms with Crippen molar-refractivity contribution in [1.29, 1.82) is 0 Å². The Morgan fingerprint density at radius 3 is 2.86 bits per heavy atom. The summed E-state index contributed by atoms with van der Waals surface area (Å²) >= 11 is 0. The van der Waals surface area contributed by atoms with Gasteiger partial charge >= 0.3 is 5.97 Å². The standard InChI is InChI=1S/C9H18NO3P/c1-3-4-6-13-9(11)8-5-7-14(2,12)10-8/h8H,3-7H2,1-2H3,(H,10,12)/t8-,14?/m0/s1. The Balaban J connectivity index is 2.29. The predicted molar refractivity (Wildman–Crippen MR) is 55.8 cm³/mol.